The molecule has 0 aromatic rings. The fraction of sp³-hybridized carbons (Fsp3) is 0.957. The zero-order valence-electron chi connectivity index (χ0n) is 17.3. The van der Waals surface area contributed by atoms with Gasteiger partial charge in [-0.2, -0.15) is 0 Å². The number of hydrogen-bond donors (Lipinski definition) is 0. The van der Waals surface area contributed by atoms with E-state index in [0.29, 0.717) is 49.5 Å². The van der Waals surface area contributed by atoms with Gasteiger partial charge in [-0.3, -0.25) is 4.79 Å². The van der Waals surface area contributed by atoms with Crippen LogP contribution in [0.2, 0.25) is 0 Å². The Bertz CT molecular complexity index is 678. The number of fused-ring (bicyclic) bond motifs is 5. The molecule has 6 rings (SSSR count). The fourth-order valence-corrected chi connectivity index (χ4v) is 8.66. The highest BCUT2D eigenvalue weighted by molar-refractivity contribution is 5.83. The molecule has 0 aromatic heterocycles. The van der Waals surface area contributed by atoms with Crippen molar-refractivity contribution in [1.29, 1.82) is 0 Å². The molecule has 0 aromatic carbocycles. The third kappa shape index (κ3) is 1.96. The summed E-state index contributed by atoms with van der Waals surface area (Å²) in [5.74, 6) is 0.214. The molecular weight excluding hydrogens is 356 g/mol. The van der Waals surface area contributed by atoms with E-state index in [1.807, 2.05) is 0 Å². The Balaban J connectivity index is 1.44. The minimum atomic E-state index is -0.850. The van der Waals surface area contributed by atoms with E-state index < -0.39 is 11.6 Å². The number of carbonyl (C=O) groups is 1. The molecule has 6 fully saturated rings. The van der Waals surface area contributed by atoms with Gasteiger partial charge >= 0.3 is 0 Å². The summed E-state index contributed by atoms with van der Waals surface area (Å²) in [5, 5.41) is 0. The van der Waals surface area contributed by atoms with Gasteiger partial charge in [0.05, 0.1) is 26.4 Å². The Hall–Kier alpha value is -0.490. The van der Waals surface area contributed by atoms with Crippen molar-refractivity contribution >= 4 is 5.78 Å². The third-order valence-corrected chi connectivity index (χ3v) is 9.97. The van der Waals surface area contributed by atoms with Crippen LogP contribution in [0, 0.1) is 34.5 Å². The summed E-state index contributed by atoms with van der Waals surface area (Å²) in [6.45, 7) is 6.94. The molecule has 28 heavy (non-hydrogen) atoms. The predicted octanol–water partition coefficient (Wildman–Crippen LogP) is 3.69. The molecular formula is C23H34O5. The Labute approximate surface area is 167 Å². The lowest BCUT2D eigenvalue weighted by atomic mass is 9.44. The molecule has 0 N–H and O–H groups in total. The molecule has 6 aliphatic rings. The standard InChI is InChI=1S/C23H34O5/c1-20-7-4-3-5-15(20)13-18(24)19-16(20)6-8-21(2)17(19)14-22-23(21,27-11-9-25-22)28-12-10-26-22/h15-17,19H,3-14H2,1-2H3/t15?,16-,17-,19+,20-,21-,22?,23?/m0/s1. The molecule has 0 bridgehead atoms. The molecule has 2 saturated heterocycles. The molecule has 5 heteroatoms. The van der Waals surface area contributed by atoms with Gasteiger partial charge in [0.15, 0.2) is 0 Å². The van der Waals surface area contributed by atoms with Crippen molar-refractivity contribution in [2.45, 2.75) is 76.8 Å². The maximum absolute atomic E-state index is 13.6. The van der Waals surface area contributed by atoms with Gasteiger partial charge in [-0.1, -0.05) is 26.7 Å². The average Bonchev–Trinajstić information content (AvgIpc) is 2.95. The van der Waals surface area contributed by atoms with Crippen molar-refractivity contribution in [2.24, 2.45) is 34.5 Å². The monoisotopic (exact) mass is 390 g/mol. The van der Waals surface area contributed by atoms with Crippen LogP contribution >= 0.6 is 0 Å². The molecule has 2 aliphatic heterocycles. The van der Waals surface area contributed by atoms with Crippen LogP contribution < -0.4 is 0 Å². The van der Waals surface area contributed by atoms with Gasteiger partial charge in [0.2, 0.25) is 11.6 Å². The quantitative estimate of drug-likeness (QED) is 0.631. The van der Waals surface area contributed by atoms with Gasteiger partial charge in [-0.25, -0.2) is 0 Å². The number of Topliss-reactive ketones (excluding diaryl/α,β-unsaturated/α-hetero) is 1. The van der Waals surface area contributed by atoms with Crippen LogP contribution in [-0.4, -0.2) is 43.8 Å². The maximum Gasteiger partial charge on any atom is 0.229 e. The topological polar surface area (TPSA) is 54.0 Å². The number of rotatable bonds is 0. The van der Waals surface area contributed by atoms with E-state index in [2.05, 4.69) is 13.8 Å². The first-order valence-corrected chi connectivity index (χ1v) is 11.5. The molecule has 156 valence electrons. The van der Waals surface area contributed by atoms with Gasteiger partial charge < -0.3 is 18.9 Å². The summed E-state index contributed by atoms with van der Waals surface area (Å²) in [6, 6.07) is 0. The Kier molecular flexibility index (Phi) is 3.79. The Morgan fingerprint density at radius 2 is 1.57 bits per heavy atom. The molecule has 2 heterocycles. The van der Waals surface area contributed by atoms with Crippen LogP contribution in [0.4, 0.5) is 0 Å². The molecule has 0 spiro atoms. The Morgan fingerprint density at radius 1 is 0.857 bits per heavy atom. The smallest absolute Gasteiger partial charge is 0.229 e. The van der Waals surface area contributed by atoms with Gasteiger partial charge in [-0.05, 0) is 48.9 Å². The molecule has 1 unspecified atom stereocenters. The molecule has 6 atom stereocenters. The molecule has 0 radical (unpaired) electrons. The van der Waals surface area contributed by atoms with E-state index in [1.165, 1.54) is 25.7 Å². The zero-order valence-corrected chi connectivity index (χ0v) is 17.3. The minimum absolute atomic E-state index is 0.106. The van der Waals surface area contributed by atoms with Crippen molar-refractivity contribution in [2.75, 3.05) is 26.4 Å². The van der Waals surface area contributed by atoms with E-state index in [1.54, 1.807) is 0 Å². The maximum atomic E-state index is 13.6. The molecule has 0 amide bonds. The number of ketones is 1. The summed E-state index contributed by atoms with van der Waals surface area (Å²) >= 11 is 0. The third-order valence-electron chi connectivity index (χ3n) is 9.97. The molecule has 5 nitrogen and oxygen atoms in total. The fourth-order valence-electron chi connectivity index (χ4n) is 8.66. The largest absolute Gasteiger partial charge is 0.343 e. The molecule has 4 saturated carbocycles. The second kappa shape index (κ2) is 5.81. The summed E-state index contributed by atoms with van der Waals surface area (Å²) in [4.78, 5) is 13.6. The van der Waals surface area contributed by atoms with Gasteiger partial charge in [0.25, 0.3) is 0 Å². The second-order valence-corrected chi connectivity index (χ2v) is 10.8. The first-order valence-electron chi connectivity index (χ1n) is 11.5. The lowest BCUT2D eigenvalue weighted by Crippen LogP contribution is -2.70. The normalized spacial score (nSPS) is 58.1. The van der Waals surface area contributed by atoms with Crippen molar-refractivity contribution in [3.63, 3.8) is 0 Å². The first-order chi connectivity index (χ1) is 13.5. The average molecular weight is 391 g/mol. The van der Waals surface area contributed by atoms with Crippen LogP contribution in [0.3, 0.4) is 0 Å². The van der Waals surface area contributed by atoms with Crippen LogP contribution in [0.1, 0.15) is 65.2 Å². The predicted molar refractivity (Wildman–Crippen MR) is 101 cm³/mol. The summed E-state index contributed by atoms with van der Waals surface area (Å²) in [7, 11) is 0. The van der Waals surface area contributed by atoms with E-state index >= 15 is 0 Å². The van der Waals surface area contributed by atoms with E-state index in [0.717, 1.165) is 25.7 Å². The summed E-state index contributed by atoms with van der Waals surface area (Å²) < 4.78 is 25.4. The van der Waals surface area contributed by atoms with Crippen molar-refractivity contribution in [3.05, 3.63) is 0 Å². The number of ether oxygens (including phenoxy) is 4. The highest BCUT2D eigenvalue weighted by Gasteiger charge is 2.79. The van der Waals surface area contributed by atoms with E-state index in [9.17, 15) is 4.79 Å². The highest BCUT2D eigenvalue weighted by atomic mass is 16.8. The van der Waals surface area contributed by atoms with E-state index in [4.69, 9.17) is 18.9 Å². The first kappa shape index (κ1) is 18.3. The lowest BCUT2D eigenvalue weighted by Gasteiger charge is -2.61. The van der Waals surface area contributed by atoms with Crippen molar-refractivity contribution < 1.29 is 23.7 Å². The van der Waals surface area contributed by atoms with Crippen molar-refractivity contribution in [3.8, 4) is 0 Å². The van der Waals surface area contributed by atoms with Crippen LogP contribution in [0.5, 0.6) is 0 Å². The SMILES string of the molecule is C[C@]12CCCCC1CC(=O)[C@@H]1[C@@H]2CC[C@@]2(C)[C@H]1CC13OCCOC12OCCO3. The second-order valence-electron chi connectivity index (χ2n) is 10.8. The minimum Gasteiger partial charge on any atom is -0.343 e. The van der Waals surface area contributed by atoms with E-state index in [-0.39, 0.29) is 17.3 Å². The zero-order chi connectivity index (χ0) is 19.2. The number of carbonyl (C=O) groups excluding carboxylic acids is 1. The van der Waals surface area contributed by atoms with Gasteiger partial charge in [0, 0.05) is 24.2 Å². The summed E-state index contributed by atoms with van der Waals surface area (Å²) in [6.07, 6.45) is 8.76. The van der Waals surface area contributed by atoms with Crippen LogP contribution in [-0.2, 0) is 23.7 Å². The lowest BCUT2D eigenvalue weighted by molar-refractivity contribution is -0.474. The van der Waals surface area contributed by atoms with Gasteiger partial charge in [-0.15, -0.1) is 0 Å². The highest BCUT2D eigenvalue weighted by Crippen LogP contribution is 2.72. The number of hydrogen-bond acceptors (Lipinski definition) is 5. The van der Waals surface area contributed by atoms with Crippen LogP contribution in [0.25, 0.3) is 0 Å². The molecule has 4 aliphatic carbocycles. The summed E-state index contributed by atoms with van der Waals surface area (Å²) in [5.41, 5.74) is 0.0817. The van der Waals surface area contributed by atoms with Crippen molar-refractivity contribution in [1.82, 2.24) is 0 Å². The van der Waals surface area contributed by atoms with Crippen LogP contribution in [0.15, 0.2) is 0 Å². The Morgan fingerprint density at radius 3 is 2.32 bits per heavy atom. The van der Waals surface area contributed by atoms with Gasteiger partial charge in [0.1, 0.15) is 5.78 Å².